The maximum Gasteiger partial charge on any atom is 0.270 e. The Hall–Kier alpha value is -1.83. The second-order valence-electron chi connectivity index (χ2n) is 6.45. The lowest BCUT2D eigenvalue weighted by Gasteiger charge is -2.41. The van der Waals surface area contributed by atoms with Gasteiger partial charge in [0.25, 0.3) is 11.5 Å². The highest BCUT2D eigenvalue weighted by Gasteiger charge is 2.35. The molecule has 0 saturated carbocycles. The number of aromatic amines is 1. The molecule has 2 fully saturated rings. The van der Waals surface area contributed by atoms with Crippen molar-refractivity contribution in [3.05, 3.63) is 27.9 Å². The first-order valence-electron chi connectivity index (χ1n) is 8.25. The summed E-state index contributed by atoms with van der Waals surface area (Å²) in [5.74, 6) is 2.87. The molecule has 2 N–H and O–H groups in total. The molecule has 0 bridgehead atoms. The predicted octanol–water partition coefficient (Wildman–Crippen LogP) is 0.410. The fraction of sp³-hybridized carbons (Fsp3) is 0.625. The molecule has 24 heavy (non-hydrogen) atoms. The lowest BCUT2D eigenvalue weighted by atomic mass is 9.95. The van der Waals surface area contributed by atoms with Gasteiger partial charge in [0.15, 0.2) is 0 Å². The Kier molecular flexibility index (Phi) is 5.23. The zero-order valence-corrected chi connectivity index (χ0v) is 14.5. The number of carbonyl (C=O) groups is 2. The van der Waals surface area contributed by atoms with Crippen molar-refractivity contribution in [3.63, 3.8) is 0 Å². The van der Waals surface area contributed by atoms with Crippen molar-refractivity contribution < 1.29 is 9.59 Å². The standard InChI is InChI=1S/C16H22N4O3S/c1-10-18-13(5-14(21)19-10)15(22)17-6-11-7-20(8-11)16(23)12-3-2-4-24-9-12/h5,11-12H,2-4,6-9H2,1H3,(H,17,22)(H,18,19,21). The number of H-pyrrole nitrogens is 1. The molecule has 1 aromatic heterocycles. The van der Waals surface area contributed by atoms with E-state index in [0.717, 1.165) is 24.3 Å². The normalized spacial score (nSPS) is 21.2. The van der Waals surface area contributed by atoms with Crippen molar-refractivity contribution >= 4 is 23.6 Å². The Balaban J connectivity index is 1.43. The molecule has 1 aromatic rings. The Morgan fingerprint density at radius 3 is 2.92 bits per heavy atom. The van der Waals surface area contributed by atoms with E-state index >= 15 is 0 Å². The summed E-state index contributed by atoms with van der Waals surface area (Å²) in [7, 11) is 0. The third-order valence-corrected chi connectivity index (χ3v) is 5.64. The predicted molar refractivity (Wildman–Crippen MR) is 92.0 cm³/mol. The topological polar surface area (TPSA) is 95.2 Å². The second kappa shape index (κ2) is 7.38. The summed E-state index contributed by atoms with van der Waals surface area (Å²) < 4.78 is 0. The molecule has 8 heteroatoms. The molecule has 3 rings (SSSR count). The van der Waals surface area contributed by atoms with Gasteiger partial charge in [-0.25, -0.2) is 4.98 Å². The van der Waals surface area contributed by atoms with Gasteiger partial charge in [0.2, 0.25) is 5.91 Å². The molecule has 3 heterocycles. The van der Waals surface area contributed by atoms with Crippen LogP contribution < -0.4 is 10.9 Å². The number of likely N-dealkylation sites (tertiary alicyclic amines) is 1. The molecule has 0 aromatic carbocycles. The van der Waals surface area contributed by atoms with Crippen LogP contribution in [0, 0.1) is 18.8 Å². The van der Waals surface area contributed by atoms with Crippen molar-refractivity contribution in [2.75, 3.05) is 31.1 Å². The van der Waals surface area contributed by atoms with Gasteiger partial charge in [-0.2, -0.15) is 11.8 Å². The molecular weight excluding hydrogens is 328 g/mol. The number of hydrogen-bond donors (Lipinski definition) is 2. The second-order valence-corrected chi connectivity index (χ2v) is 7.60. The van der Waals surface area contributed by atoms with Crippen molar-refractivity contribution in [2.24, 2.45) is 11.8 Å². The van der Waals surface area contributed by atoms with Gasteiger partial charge in [-0.1, -0.05) is 0 Å². The fourth-order valence-corrected chi connectivity index (χ4v) is 4.23. The van der Waals surface area contributed by atoms with Crippen LogP contribution >= 0.6 is 11.8 Å². The number of rotatable bonds is 4. The highest BCUT2D eigenvalue weighted by molar-refractivity contribution is 7.99. The largest absolute Gasteiger partial charge is 0.350 e. The van der Waals surface area contributed by atoms with Gasteiger partial charge in [0.05, 0.1) is 0 Å². The zero-order chi connectivity index (χ0) is 17.1. The Morgan fingerprint density at radius 2 is 2.25 bits per heavy atom. The minimum atomic E-state index is -0.349. The molecular formula is C16H22N4O3S. The number of aryl methyl sites for hydroxylation is 1. The van der Waals surface area contributed by atoms with Crippen LogP contribution in [0.1, 0.15) is 29.2 Å². The summed E-state index contributed by atoms with van der Waals surface area (Å²) in [5, 5.41) is 2.80. The smallest absolute Gasteiger partial charge is 0.270 e. The van der Waals surface area contributed by atoms with Crippen LogP contribution in [-0.2, 0) is 4.79 Å². The molecule has 2 aliphatic heterocycles. The first-order valence-corrected chi connectivity index (χ1v) is 9.41. The first kappa shape index (κ1) is 17.0. The maximum absolute atomic E-state index is 12.3. The quantitative estimate of drug-likeness (QED) is 0.820. The Bertz CT molecular complexity index is 678. The average Bonchev–Trinajstić information content (AvgIpc) is 2.52. The number of aromatic nitrogens is 2. The lowest BCUT2D eigenvalue weighted by Crippen LogP contribution is -2.55. The van der Waals surface area contributed by atoms with Crippen LogP contribution in [0.15, 0.2) is 10.9 Å². The van der Waals surface area contributed by atoms with Gasteiger partial charge >= 0.3 is 0 Å². The molecule has 2 aliphatic rings. The van der Waals surface area contributed by atoms with E-state index in [-0.39, 0.29) is 34.9 Å². The molecule has 0 radical (unpaired) electrons. The summed E-state index contributed by atoms with van der Waals surface area (Å²) in [6.07, 6.45) is 2.12. The van der Waals surface area contributed by atoms with E-state index in [1.807, 2.05) is 16.7 Å². The molecule has 1 unspecified atom stereocenters. The van der Waals surface area contributed by atoms with Crippen LogP contribution in [-0.4, -0.2) is 57.8 Å². The van der Waals surface area contributed by atoms with Crippen molar-refractivity contribution in [1.29, 1.82) is 0 Å². The lowest BCUT2D eigenvalue weighted by molar-refractivity contribution is -0.141. The van der Waals surface area contributed by atoms with Gasteiger partial charge in [-0.3, -0.25) is 14.4 Å². The number of nitrogens with one attached hydrogen (secondary N) is 2. The summed E-state index contributed by atoms with van der Waals surface area (Å²) >= 11 is 1.86. The number of hydrogen-bond acceptors (Lipinski definition) is 5. The SMILES string of the molecule is Cc1nc(C(=O)NCC2CN(C(=O)C3CCCSC3)C2)cc(=O)[nH]1. The zero-order valence-electron chi connectivity index (χ0n) is 13.7. The van der Waals surface area contributed by atoms with Crippen LogP contribution in [0.4, 0.5) is 0 Å². The van der Waals surface area contributed by atoms with Gasteiger partial charge in [-0.15, -0.1) is 0 Å². The van der Waals surface area contributed by atoms with Crippen molar-refractivity contribution in [3.8, 4) is 0 Å². The fourth-order valence-electron chi connectivity index (χ4n) is 3.10. The summed E-state index contributed by atoms with van der Waals surface area (Å²) in [6.45, 7) is 3.52. The van der Waals surface area contributed by atoms with Crippen molar-refractivity contribution in [2.45, 2.75) is 19.8 Å². The Morgan fingerprint density at radius 1 is 1.46 bits per heavy atom. The number of amides is 2. The molecule has 0 spiro atoms. The van der Waals surface area contributed by atoms with E-state index in [0.29, 0.717) is 25.5 Å². The molecule has 7 nitrogen and oxygen atoms in total. The van der Waals surface area contributed by atoms with E-state index in [9.17, 15) is 14.4 Å². The third-order valence-electron chi connectivity index (χ3n) is 4.42. The summed E-state index contributed by atoms with van der Waals surface area (Å²) in [5.41, 5.74) is -0.207. The van der Waals surface area contributed by atoms with E-state index < -0.39 is 0 Å². The number of carbonyl (C=O) groups excluding carboxylic acids is 2. The molecule has 2 saturated heterocycles. The van der Waals surface area contributed by atoms with Gasteiger partial charge in [0, 0.05) is 43.3 Å². The van der Waals surface area contributed by atoms with Crippen LogP contribution in [0.2, 0.25) is 0 Å². The monoisotopic (exact) mass is 350 g/mol. The van der Waals surface area contributed by atoms with E-state index in [4.69, 9.17) is 0 Å². The Labute approximate surface area is 144 Å². The van der Waals surface area contributed by atoms with E-state index in [2.05, 4.69) is 15.3 Å². The van der Waals surface area contributed by atoms with Crippen LogP contribution in [0.25, 0.3) is 0 Å². The summed E-state index contributed by atoms with van der Waals surface area (Å²) in [6, 6.07) is 1.19. The minimum Gasteiger partial charge on any atom is -0.350 e. The highest BCUT2D eigenvalue weighted by atomic mass is 32.2. The minimum absolute atomic E-state index is 0.128. The first-order chi connectivity index (χ1) is 11.5. The van der Waals surface area contributed by atoms with Gasteiger partial charge < -0.3 is 15.2 Å². The molecule has 1 atom stereocenters. The average molecular weight is 350 g/mol. The van der Waals surface area contributed by atoms with Crippen LogP contribution in [0.5, 0.6) is 0 Å². The van der Waals surface area contributed by atoms with E-state index in [1.54, 1.807) is 6.92 Å². The van der Waals surface area contributed by atoms with Crippen LogP contribution in [0.3, 0.4) is 0 Å². The van der Waals surface area contributed by atoms with Gasteiger partial charge in [-0.05, 0) is 25.5 Å². The molecule has 0 aliphatic carbocycles. The number of thioether (sulfide) groups is 1. The van der Waals surface area contributed by atoms with Crippen molar-refractivity contribution in [1.82, 2.24) is 20.2 Å². The molecule has 2 amide bonds. The van der Waals surface area contributed by atoms with Gasteiger partial charge in [0.1, 0.15) is 11.5 Å². The third kappa shape index (κ3) is 3.98. The van der Waals surface area contributed by atoms with E-state index in [1.165, 1.54) is 6.07 Å². The molecule has 130 valence electrons. The number of nitrogens with zero attached hydrogens (tertiary/aromatic N) is 2. The highest BCUT2D eigenvalue weighted by Crippen LogP contribution is 2.27. The maximum atomic E-state index is 12.3. The summed E-state index contributed by atoms with van der Waals surface area (Å²) in [4.78, 5) is 44.2.